The van der Waals surface area contributed by atoms with Gasteiger partial charge in [0.05, 0.1) is 17.2 Å². The summed E-state index contributed by atoms with van der Waals surface area (Å²) in [4.78, 5) is 75.5. The van der Waals surface area contributed by atoms with Gasteiger partial charge in [-0.1, -0.05) is 0 Å². The van der Waals surface area contributed by atoms with E-state index in [0.717, 1.165) is 13.8 Å². The molecule has 2 rings (SSSR count). The van der Waals surface area contributed by atoms with Crippen LogP contribution in [0.25, 0.3) is 0 Å². The molecule has 12 nitrogen and oxygen atoms in total. The molecule has 1 saturated heterocycles. The summed E-state index contributed by atoms with van der Waals surface area (Å²) >= 11 is 5.62. The number of benzene rings is 1. The monoisotopic (exact) mass is 855 g/mol. The second-order valence-electron chi connectivity index (χ2n) is 8.05. The summed E-state index contributed by atoms with van der Waals surface area (Å²) in [5, 5.41) is 2.47. The molecule has 1 aromatic carbocycles. The summed E-state index contributed by atoms with van der Waals surface area (Å²) in [7, 11) is 0. The molecule has 0 saturated carbocycles. The van der Waals surface area contributed by atoms with Gasteiger partial charge in [0, 0.05) is 37.9 Å². The molecular weight excluding hydrogens is 831 g/mol. The van der Waals surface area contributed by atoms with Gasteiger partial charge < -0.3 is 24.8 Å². The highest BCUT2D eigenvalue weighted by atomic mass is 127. The lowest BCUT2D eigenvalue weighted by molar-refractivity contribution is -0.255. The number of nitrogens with zero attached hydrogens (tertiary/aromatic N) is 1. The Kier molecular flexibility index (Phi) is 10.9. The molecule has 2 unspecified atom stereocenters. The van der Waals surface area contributed by atoms with Gasteiger partial charge in [-0.3, -0.25) is 34.1 Å². The minimum absolute atomic E-state index is 0.0236. The lowest BCUT2D eigenvalue weighted by atomic mass is 10.1. The number of rotatable bonds is 9. The topological polar surface area (TPSA) is 171 Å². The predicted molar refractivity (Wildman–Crippen MR) is 153 cm³/mol. The van der Waals surface area contributed by atoms with Crippen LogP contribution in [0.2, 0.25) is 0 Å². The van der Waals surface area contributed by atoms with Crippen molar-refractivity contribution in [1.29, 1.82) is 0 Å². The molecule has 3 amide bonds. The summed E-state index contributed by atoms with van der Waals surface area (Å²) in [6.45, 7) is 4.59. The van der Waals surface area contributed by atoms with Gasteiger partial charge in [-0.2, -0.15) is 0 Å². The molecule has 1 aliphatic heterocycles. The van der Waals surface area contributed by atoms with Crippen molar-refractivity contribution in [1.82, 2.24) is 10.2 Å². The van der Waals surface area contributed by atoms with Gasteiger partial charge >= 0.3 is 23.8 Å². The molecule has 3 N–H and O–H groups in total. The molecule has 0 aliphatic carbocycles. The number of amides is 3. The zero-order chi connectivity index (χ0) is 28.2. The number of primary amides is 1. The first-order valence-electron chi connectivity index (χ1n) is 10.7. The van der Waals surface area contributed by atoms with Crippen LogP contribution in [0.1, 0.15) is 61.3 Å². The standard InChI is InChI=1S/C22H24I3N3O9/c1-9(28-13(5-6-16(28)32)8-35-10(2)29)22(36-11(3)30,37-12(4)31)27-21(34)18-15(24)7-14(23)17(19(18)25)20(26)33/h7,9,13H,5-6,8H2,1-4H3,(H2,26,33)(H,27,34). The summed E-state index contributed by atoms with van der Waals surface area (Å²) in [6.07, 6.45) is 0.408. The number of hydrogen-bond acceptors (Lipinski definition) is 9. The number of ether oxygens (including phenoxy) is 3. The largest absolute Gasteiger partial charge is 0.464 e. The molecule has 37 heavy (non-hydrogen) atoms. The lowest BCUT2D eigenvalue weighted by Gasteiger charge is -2.42. The van der Waals surface area contributed by atoms with E-state index in [1.807, 2.05) is 45.2 Å². The lowest BCUT2D eigenvalue weighted by Crippen LogP contribution is -2.67. The van der Waals surface area contributed by atoms with Crippen molar-refractivity contribution in [3.63, 3.8) is 0 Å². The van der Waals surface area contributed by atoms with E-state index in [9.17, 15) is 28.8 Å². The van der Waals surface area contributed by atoms with Crippen LogP contribution in [0.4, 0.5) is 0 Å². The summed E-state index contributed by atoms with van der Waals surface area (Å²) in [5.74, 6) is -6.84. The van der Waals surface area contributed by atoms with Gasteiger partial charge in [0.25, 0.3) is 11.8 Å². The fraction of sp³-hybridized carbons (Fsp3) is 0.455. The van der Waals surface area contributed by atoms with Crippen LogP contribution in [0.3, 0.4) is 0 Å². The third-order valence-electron chi connectivity index (χ3n) is 5.34. The normalized spacial score (nSPS) is 16.1. The first-order valence-corrected chi connectivity index (χ1v) is 14.0. The van der Waals surface area contributed by atoms with Crippen LogP contribution in [-0.2, 0) is 33.4 Å². The maximum atomic E-state index is 13.6. The Morgan fingerprint density at radius 1 is 1.05 bits per heavy atom. The van der Waals surface area contributed by atoms with Gasteiger partial charge in [0.1, 0.15) is 12.6 Å². The van der Waals surface area contributed by atoms with Gasteiger partial charge in [0.15, 0.2) is 0 Å². The number of likely N-dealkylation sites (tertiary alicyclic amines) is 1. The van der Waals surface area contributed by atoms with E-state index in [0.29, 0.717) is 13.6 Å². The molecule has 0 aromatic heterocycles. The Hall–Kier alpha value is -1.77. The molecule has 15 heteroatoms. The van der Waals surface area contributed by atoms with Gasteiger partial charge in [0.2, 0.25) is 5.91 Å². The Balaban J connectivity index is 2.63. The molecule has 2 atom stereocenters. The van der Waals surface area contributed by atoms with E-state index < -0.39 is 53.6 Å². The number of nitrogens with one attached hydrogen (secondary N) is 1. The van der Waals surface area contributed by atoms with Crippen molar-refractivity contribution >= 4 is 103 Å². The molecule has 1 aromatic rings. The number of hydrogen-bond donors (Lipinski definition) is 2. The smallest absolute Gasteiger partial charge is 0.363 e. The predicted octanol–water partition coefficient (Wildman–Crippen LogP) is 2.05. The molecule has 0 radical (unpaired) electrons. The van der Waals surface area contributed by atoms with Crippen LogP contribution < -0.4 is 11.1 Å². The quantitative estimate of drug-likeness (QED) is 0.215. The molecule has 0 bridgehead atoms. The van der Waals surface area contributed by atoms with E-state index in [2.05, 4.69) is 5.32 Å². The first-order chi connectivity index (χ1) is 17.1. The van der Waals surface area contributed by atoms with Crippen molar-refractivity contribution in [2.45, 2.75) is 58.5 Å². The van der Waals surface area contributed by atoms with E-state index >= 15 is 0 Å². The van der Waals surface area contributed by atoms with Gasteiger partial charge in [-0.05, 0) is 87.2 Å². The molecule has 1 heterocycles. The Bertz CT molecular complexity index is 1140. The zero-order valence-electron chi connectivity index (χ0n) is 20.2. The van der Waals surface area contributed by atoms with E-state index in [4.69, 9.17) is 19.9 Å². The van der Waals surface area contributed by atoms with Gasteiger partial charge in [-0.15, -0.1) is 0 Å². The first kappa shape index (κ1) is 31.4. The van der Waals surface area contributed by atoms with Crippen LogP contribution >= 0.6 is 67.8 Å². The van der Waals surface area contributed by atoms with Crippen LogP contribution in [0.5, 0.6) is 0 Å². The average Bonchev–Trinajstić information content (AvgIpc) is 3.09. The van der Waals surface area contributed by atoms with Crippen LogP contribution in [-0.4, -0.2) is 65.1 Å². The summed E-state index contributed by atoms with van der Waals surface area (Å²) in [6, 6.07) is -0.302. The maximum Gasteiger partial charge on any atom is 0.363 e. The van der Waals surface area contributed by atoms with Crippen LogP contribution in [0, 0.1) is 10.7 Å². The Morgan fingerprint density at radius 2 is 1.59 bits per heavy atom. The molecule has 1 aliphatic rings. The van der Waals surface area contributed by atoms with E-state index in [1.54, 1.807) is 28.7 Å². The number of esters is 3. The number of nitrogens with two attached hydrogens (primary N) is 1. The summed E-state index contributed by atoms with van der Waals surface area (Å²) in [5.41, 5.74) is 5.64. The highest BCUT2D eigenvalue weighted by molar-refractivity contribution is 14.1. The second-order valence-corrected chi connectivity index (χ2v) is 11.5. The number of halogens is 3. The molecular formula is C22H24I3N3O9. The second kappa shape index (κ2) is 12.9. The van der Waals surface area contributed by atoms with Crippen molar-refractivity contribution < 1.29 is 43.0 Å². The fourth-order valence-corrected chi connectivity index (χ4v) is 8.27. The van der Waals surface area contributed by atoms with Gasteiger partial charge in [-0.25, -0.2) is 0 Å². The molecule has 1 fully saturated rings. The van der Waals surface area contributed by atoms with Crippen molar-refractivity contribution in [2.24, 2.45) is 5.73 Å². The Labute approximate surface area is 253 Å². The highest BCUT2D eigenvalue weighted by Crippen LogP contribution is 2.32. The third kappa shape index (κ3) is 7.42. The minimum atomic E-state index is -2.45. The van der Waals surface area contributed by atoms with Crippen molar-refractivity contribution in [2.75, 3.05) is 6.61 Å². The zero-order valence-corrected chi connectivity index (χ0v) is 26.7. The SMILES string of the molecule is CC(=O)OCC1CCC(=O)N1C(C)C(NC(=O)c1c(I)cc(I)c(C(N)=O)c1I)(OC(C)=O)OC(C)=O. The van der Waals surface area contributed by atoms with Crippen molar-refractivity contribution in [3.05, 3.63) is 27.9 Å². The number of carbonyl (C=O) groups excluding carboxylic acids is 6. The highest BCUT2D eigenvalue weighted by Gasteiger charge is 2.52. The number of carbonyl (C=O) groups is 6. The molecule has 0 spiro atoms. The van der Waals surface area contributed by atoms with E-state index in [-0.39, 0.29) is 27.7 Å². The third-order valence-corrected chi connectivity index (χ3v) is 8.12. The average molecular weight is 855 g/mol. The molecule has 202 valence electrons. The fourth-order valence-electron chi connectivity index (χ4n) is 3.87. The van der Waals surface area contributed by atoms with Crippen LogP contribution in [0.15, 0.2) is 6.07 Å². The van der Waals surface area contributed by atoms with E-state index in [1.165, 1.54) is 18.7 Å². The van der Waals surface area contributed by atoms with Crippen molar-refractivity contribution in [3.8, 4) is 0 Å². The maximum absolute atomic E-state index is 13.6. The minimum Gasteiger partial charge on any atom is -0.464 e. The Morgan fingerprint density at radius 3 is 2.08 bits per heavy atom. The summed E-state index contributed by atoms with van der Waals surface area (Å²) < 4.78 is 17.1.